The summed E-state index contributed by atoms with van der Waals surface area (Å²) in [4.78, 5) is 10.8. The summed E-state index contributed by atoms with van der Waals surface area (Å²) < 4.78 is 13.3. The van der Waals surface area contributed by atoms with E-state index in [1.807, 2.05) is 0 Å². The minimum absolute atomic E-state index is 0.0320. The van der Waals surface area contributed by atoms with E-state index in [9.17, 15) is 14.3 Å². The summed E-state index contributed by atoms with van der Waals surface area (Å²) >= 11 is 0. The smallest absolute Gasteiger partial charge is 0.303 e. The SMILES string of the molecule is Cc1cc(F)cc(C(CC(=O)O)C2CC2)c1O. The van der Waals surface area contributed by atoms with Gasteiger partial charge in [0, 0.05) is 11.5 Å². The average molecular weight is 238 g/mol. The number of aryl methyl sites for hydroxylation is 1. The van der Waals surface area contributed by atoms with E-state index in [-0.39, 0.29) is 24.0 Å². The Labute approximate surface area is 98.9 Å². The molecule has 1 aromatic carbocycles. The second-order valence-electron chi connectivity index (χ2n) is 4.70. The van der Waals surface area contributed by atoms with Crippen molar-refractivity contribution in [3.8, 4) is 5.75 Å². The molecule has 1 atom stereocenters. The molecule has 92 valence electrons. The Bertz CT molecular complexity index is 452. The summed E-state index contributed by atoms with van der Waals surface area (Å²) in [6, 6.07) is 2.51. The van der Waals surface area contributed by atoms with Crippen LogP contribution in [0, 0.1) is 18.7 Å². The maximum atomic E-state index is 13.3. The van der Waals surface area contributed by atoms with Crippen molar-refractivity contribution in [2.45, 2.75) is 32.1 Å². The lowest BCUT2D eigenvalue weighted by atomic mass is 9.89. The molecule has 17 heavy (non-hydrogen) atoms. The van der Waals surface area contributed by atoms with Crippen molar-refractivity contribution in [2.24, 2.45) is 5.92 Å². The van der Waals surface area contributed by atoms with Gasteiger partial charge < -0.3 is 10.2 Å². The molecule has 0 amide bonds. The molecular weight excluding hydrogens is 223 g/mol. The number of carboxylic acid groups (broad SMARTS) is 1. The Balaban J connectivity index is 2.38. The number of rotatable bonds is 4. The van der Waals surface area contributed by atoms with Crippen molar-refractivity contribution in [3.05, 3.63) is 29.1 Å². The van der Waals surface area contributed by atoms with Crippen LogP contribution in [0.2, 0.25) is 0 Å². The summed E-state index contributed by atoms with van der Waals surface area (Å²) in [5.41, 5.74) is 0.892. The third kappa shape index (κ3) is 2.57. The van der Waals surface area contributed by atoms with Gasteiger partial charge in [-0.3, -0.25) is 4.79 Å². The van der Waals surface area contributed by atoms with Crippen molar-refractivity contribution in [2.75, 3.05) is 0 Å². The van der Waals surface area contributed by atoms with E-state index in [4.69, 9.17) is 5.11 Å². The van der Waals surface area contributed by atoms with Gasteiger partial charge in [0.1, 0.15) is 11.6 Å². The van der Waals surface area contributed by atoms with Crippen LogP contribution in [-0.2, 0) is 4.79 Å². The Morgan fingerprint density at radius 3 is 2.71 bits per heavy atom. The predicted molar refractivity (Wildman–Crippen MR) is 60.5 cm³/mol. The highest BCUT2D eigenvalue weighted by Crippen LogP contribution is 2.47. The highest BCUT2D eigenvalue weighted by atomic mass is 19.1. The van der Waals surface area contributed by atoms with Crippen LogP contribution >= 0.6 is 0 Å². The van der Waals surface area contributed by atoms with E-state index < -0.39 is 11.8 Å². The molecule has 1 aliphatic rings. The molecule has 0 bridgehead atoms. The summed E-state index contributed by atoms with van der Waals surface area (Å²) in [7, 11) is 0. The summed E-state index contributed by atoms with van der Waals surface area (Å²) in [6.45, 7) is 1.62. The lowest BCUT2D eigenvalue weighted by molar-refractivity contribution is -0.137. The Morgan fingerprint density at radius 2 is 2.18 bits per heavy atom. The third-order valence-corrected chi connectivity index (χ3v) is 3.28. The van der Waals surface area contributed by atoms with Gasteiger partial charge in [-0.15, -0.1) is 0 Å². The van der Waals surface area contributed by atoms with Gasteiger partial charge in [-0.1, -0.05) is 0 Å². The molecule has 0 aliphatic heterocycles. The normalized spacial score (nSPS) is 16.8. The molecule has 0 saturated heterocycles. The molecule has 2 N–H and O–H groups in total. The number of phenols is 1. The summed E-state index contributed by atoms with van der Waals surface area (Å²) in [6.07, 6.45) is 1.85. The molecule has 2 rings (SSSR count). The first-order valence-electron chi connectivity index (χ1n) is 5.70. The standard InChI is InChI=1S/C13H15FO3/c1-7-4-9(14)5-11(13(7)17)10(6-12(15)16)8-2-3-8/h4-5,8,10,17H,2-3,6H2,1H3,(H,15,16). The van der Waals surface area contributed by atoms with Gasteiger partial charge in [-0.05, 0) is 43.4 Å². The van der Waals surface area contributed by atoms with Crippen molar-refractivity contribution >= 4 is 5.97 Å². The molecule has 1 fully saturated rings. The van der Waals surface area contributed by atoms with Crippen LogP contribution in [0.1, 0.15) is 36.3 Å². The molecular formula is C13H15FO3. The number of hydrogen-bond acceptors (Lipinski definition) is 2. The van der Waals surface area contributed by atoms with Gasteiger partial charge in [-0.25, -0.2) is 4.39 Å². The first-order chi connectivity index (χ1) is 7.99. The Hall–Kier alpha value is -1.58. The first-order valence-corrected chi connectivity index (χ1v) is 5.70. The Morgan fingerprint density at radius 1 is 1.53 bits per heavy atom. The van der Waals surface area contributed by atoms with Gasteiger partial charge in [0.2, 0.25) is 0 Å². The van der Waals surface area contributed by atoms with Crippen LogP contribution < -0.4 is 0 Å². The molecule has 1 saturated carbocycles. The van der Waals surface area contributed by atoms with Crippen molar-refractivity contribution in [1.29, 1.82) is 0 Å². The molecule has 1 aromatic rings. The first kappa shape index (κ1) is 11.9. The number of carboxylic acids is 1. The van der Waals surface area contributed by atoms with E-state index >= 15 is 0 Å². The minimum Gasteiger partial charge on any atom is -0.507 e. The van der Waals surface area contributed by atoms with Gasteiger partial charge in [0.15, 0.2) is 0 Å². The number of carbonyl (C=O) groups is 1. The van der Waals surface area contributed by atoms with Gasteiger partial charge in [-0.2, -0.15) is 0 Å². The number of benzene rings is 1. The summed E-state index contributed by atoms with van der Waals surface area (Å²) in [5.74, 6) is -1.32. The maximum absolute atomic E-state index is 13.3. The minimum atomic E-state index is -0.914. The Kier molecular flexibility index (Phi) is 3.05. The predicted octanol–water partition coefficient (Wildman–Crippen LogP) is 2.81. The zero-order chi connectivity index (χ0) is 12.6. The second-order valence-corrected chi connectivity index (χ2v) is 4.70. The van der Waals surface area contributed by atoms with Crippen LogP contribution in [0.5, 0.6) is 5.75 Å². The van der Waals surface area contributed by atoms with E-state index in [2.05, 4.69) is 0 Å². The fraction of sp³-hybridized carbons (Fsp3) is 0.462. The molecule has 0 spiro atoms. The zero-order valence-electron chi connectivity index (χ0n) is 9.61. The monoisotopic (exact) mass is 238 g/mol. The molecule has 0 heterocycles. The number of aromatic hydroxyl groups is 1. The number of halogens is 1. The summed E-state index contributed by atoms with van der Waals surface area (Å²) in [5, 5.41) is 18.8. The molecule has 1 aliphatic carbocycles. The van der Waals surface area contributed by atoms with Gasteiger partial charge in [0.25, 0.3) is 0 Å². The highest BCUT2D eigenvalue weighted by molar-refractivity contribution is 5.68. The van der Waals surface area contributed by atoms with Gasteiger partial charge >= 0.3 is 5.97 Å². The second kappa shape index (κ2) is 4.35. The molecule has 0 aromatic heterocycles. The molecule has 0 radical (unpaired) electrons. The van der Waals surface area contributed by atoms with E-state index in [0.29, 0.717) is 11.1 Å². The lowest BCUT2D eigenvalue weighted by Gasteiger charge is -2.17. The lowest BCUT2D eigenvalue weighted by Crippen LogP contribution is -2.09. The van der Waals surface area contributed by atoms with Gasteiger partial charge in [0.05, 0.1) is 6.42 Å². The van der Waals surface area contributed by atoms with E-state index in [0.717, 1.165) is 12.8 Å². The van der Waals surface area contributed by atoms with Crippen LogP contribution in [-0.4, -0.2) is 16.2 Å². The molecule has 4 heteroatoms. The number of aliphatic carboxylic acids is 1. The fourth-order valence-corrected chi connectivity index (χ4v) is 2.26. The van der Waals surface area contributed by atoms with Crippen LogP contribution in [0.15, 0.2) is 12.1 Å². The average Bonchev–Trinajstić information content (AvgIpc) is 3.03. The molecule has 1 unspecified atom stereocenters. The highest BCUT2D eigenvalue weighted by Gasteiger charge is 2.35. The van der Waals surface area contributed by atoms with Crippen molar-refractivity contribution < 1.29 is 19.4 Å². The van der Waals surface area contributed by atoms with E-state index in [1.165, 1.54) is 12.1 Å². The van der Waals surface area contributed by atoms with E-state index in [1.54, 1.807) is 6.92 Å². The van der Waals surface area contributed by atoms with Crippen LogP contribution in [0.3, 0.4) is 0 Å². The van der Waals surface area contributed by atoms with Crippen molar-refractivity contribution in [1.82, 2.24) is 0 Å². The van der Waals surface area contributed by atoms with Crippen molar-refractivity contribution in [3.63, 3.8) is 0 Å². The topological polar surface area (TPSA) is 57.5 Å². The number of phenolic OH excluding ortho intramolecular Hbond substituents is 1. The maximum Gasteiger partial charge on any atom is 0.303 e. The third-order valence-electron chi connectivity index (χ3n) is 3.28. The number of hydrogen-bond donors (Lipinski definition) is 2. The fourth-order valence-electron chi connectivity index (χ4n) is 2.26. The van der Waals surface area contributed by atoms with Crippen LogP contribution in [0.25, 0.3) is 0 Å². The molecule has 3 nitrogen and oxygen atoms in total. The quantitative estimate of drug-likeness (QED) is 0.848. The zero-order valence-corrected chi connectivity index (χ0v) is 9.61. The largest absolute Gasteiger partial charge is 0.507 e. The van der Waals surface area contributed by atoms with Crippen LogP contribution in [0.4, 0.5) is 4.39 Å².